The number of nitrogens with one attached hydrogen (secondary N) is 1. The van der Waals surface area contributed by atoms with Crippen molar-refractivity contribution in [3.8, 4) is 0 Å². The van der Waals surface area contributed by atoms with Gasteiger partial charge in [-0.05, 0) is 35.9 Å². The summed E-state index contributed by atoms with van der Waals surface area (Å²) < 4.78 is 13.4. The molecule has 0 unspecified atom stereocenters. The molecular weight excluding hydrogens is 309 g/mol. The number of hydrogen-bond acceptors (Lipinski definition) is 2. The van der Waals surface area contributed by atoms with Gasteiger partial charge in [0.2, 0.25) is 0 Å². The molecule has 0 aliphatic heterocycles. The molecule has 5 heteroatoms. The van der Waals surface area contributed by atoms with E-state index < -0.39 is 0 Å². The smallest absolute Gasteiger partial charge is 0.251 e. The van der Waals surface area contributed by atoms with Crippen LogP contribution in [0.25, 0.3) is 0 Å². The predicted molar refractivity (Wildman–Crippen MR) is 86.3 cm³/mol. The molecule has 2 aromatic carbocycles. The molecule has 1 N–H and O–H groups in total. The van der Waals surface area contributed by atoms with Gasteiger partial charge in [0.25, 0.3) is 5.91 Å². The second-order valence-corrected chi connectivity index (χ2v) is 5.95. The number of thioether (sulfide) groups is 1. The summed E-state index contributed by atoms with van der Waals surface area (Å²) in [7, 11) is 0. The van der Waals surface area contributed by atoms with Crippen molar-refractivity contribution >= 4 is 29.3 Å². The summed E-state index contributed by atoms with van der Waals surface area (Å²) in [6.45, 7) is 0.542. The fraction of sp³-hybridized carbons (Fsp3) is 0.188. The van der Waals surface area contributed by atoms with Gasteiger partial charge in [-0.3, -0.25) is 4.79 Å². The van der Waals surface area contributed by atoms with Crippen LogP contribution in [0.1, 0.15) is 15.9 Å². The molecule has 0 bridgehead atoms. The Hall–Kier alpha value is -1.52. The molecule has 0 aromatic heterocycles. The predicted octanol–water partition coefficient (Wildman–Crippen LogP) is 4.14. The first kappa shape index (κ1) is 15.9. The minimum Gasteiger partial charge on any atom is -0.351 e. The second-order valence-electron chi connectivity index (χ2n) is 4.41. The van der Waals surface area contributed by atoms with E-state index >= 15 is 0 Å². The van der Waals surface area contributed by atoms with E-state index in [9.17, 15) is 9.18 Å². The third-order valence-corrected chi connectivity index (χ3v) is 4.11. The van der Waals surface area contributed by atoms with Gasteiger partial charge in [-0.2, -0.15) is 11.8 Å². The summed E-state index contributed by atoms with van der Waals surface area (Å²) in [5.41, 5.74) is 1.27. The number of halogens is 2. The Balaban J connectivity index is 1.69. The zero-order valence-electron chi connectivity index (χ0n) is 11.3. The van der Waals surface area contributed by atoms with E-state index in [1.54, 1.807) is 48.2 Å². The molecule has 0 saturated carbocycles. The van der Waals surface area contributed by atoms with Crippen LogP contribution in [0.5, 0.6) is 0 Å². The second kappa shape index (κ2) is 8.05. The lowest BCUT2D eigenvalue weighted by Crippen LogP contribution is -2.25. The highest BCUT2D eigenvalue weighted by Crippen LogP contribution is 2.15. The molecule has 2 aromatic rings. The van der Waals surface area contributed by atoms with Crippen molar-refractivity contribution in [2.24, 2.45) is 0 Å². The Morgan fingerprint density at radius 1 is 1.14 bits per heavy atom. The molecule has 0 fully saturated rings. The van der Waals surface area contributed by atoms with Crippen molar-refractivity contribution in [1.82, 2.24) is 5.32 Å². The molecule has 2 rings (SSSR count). The molecule has 110 valence electrons. The van der Waals surface area contributed by atoms with Crippen molar-refractivity contribution in [3.63, 3.8) is 0 Å². The Morgan fingerprint density at radius 3 is 2.57 bits per heavy atom. The average Bonchev–Trinajstić information content (AvgIpc) is 2.49. The quantitative estimate of drug-likeness (QED) is 0.809. The summed E-state index contributed by atoms with van der Waals surface area (Å²) in [6.07, 6.45) is 0. The lowest BCUT2D eigenvalue weighted by atomic mass is 10.2. The van der Waals surface area contributed by atoms with Gasteiger partial charge in [0.1, 0.15) is 5.82 Å². The monoisotopic (exact) mass is 323 g/mol. The van der Waals surface area contributed by atoms with E-state index in [1.807, 2.05) is 6.07 Å². The topological polar surface area (TPSA) is 29.1 Å². The summed E-state index contributed by atoms with van der Waals surface area (Å²) in [5.74, 6) is 1.02. The van der Waals surface area contributed by atoms with E-state index in [4.69, 9.17) is 11.6 Å². The number of carbonyl (C=O) groups is 1. The highest BCUT2D eigenvalue weighted by Gasteiger charge is 2.04. The van der Waals surface area contributed by atoms with Crippen molar-refractivity contribution in [1.29, 1.82) is 0 Å². The van der Waals surface area contributed by atoms with Gasteiger partial charge in [-0.25, -0.2) is 4.39 Å². The lowest BCUT2D eigenvalue weighted by molar-refractivity contribution is 0.0956. The van der Waals surface area contributed by atoms with Crippen molar-refractivity contribution in [2.45, 2.75) is 5.75 Å². The summed E-state index contributed by atoms with van der Waals surface area (Å²) in [6, 6.07) is 13.5. The van der Waals surface area contributed by atoms with Gasteiger partial charge in [-0.1, -0.05) is 29.8 Å². The molecule has 0 radical (unpaired) electrons. The largest absolute Gasteiger partial charge is 0.351 e. The lowest BCUT2D eigenvalue weighted by Gasteiger charge is -2.06. The van der Waals surface area contributed by atoms with E-state index in [0.29, 0.717) is 28.4 Å². The van der Waals surface area contributed by atoms with Crippen LogP contribution < -0.4 is 5.32 Å². The number of amides is 1. The maximum Gasteiger partial charge on any atom is 0.251 e. The third kappa shape index (κ3) is 5.06. The van der Waals surface area contributed by atoms with Crippen LogP contribution >= 0.6 is 23.4 Å². The number of hydrogen-bond donors (Lipinski definition) is 1. The van der Waals surface area contributed by atoms with Crippen LogP contribution in [0.2, 0.25) is 5.02 Å². The molecule has 0 aliphatic carbocycles. The first-order valence-electron chi connectivity index (χ1n) is 6.52. The summed E-state index contributed by atoms with van der Waals surface area (Å²) in [5, 5.41) is 3.43. The number of carbonyl (C=O) groups excluding carboxylic acids is 1. The molecule has 2 nitrogen and oxygen atoms in total. The fourth-order valence-corrected chi connectivity index (χ4v) is 2.71. The van der Waals surface area contributed by atoms with Crippen molar-refractivity contribution < 1.29 is 9.18 Å². The van der Waals surface area contributed by atoms with Crippen LogP contribution in [-0.2, 0) is 5.75 Å². The molecule has 21 heavy (non-hydrogen) atoms. The average molecular weight is 324 g/mol. The van der Waals surface area contributed by atoms with E-state index in [-0.39, 0.29) is 11.7 Å². The normalized spacial score (nSPS) is 10.4. The Bertz CT molecular complexity index is 603. The van der Waals surface area contributed by atoms with Gasteiger partial charge < -0.3 is 5.32 Å². The minimum absolute atomic E-state index is 0.127. The zero-order chi connectivity index (χ0) is 15.1. The minimum atomic E-state index is -0.185. The van der Waals surface area contributed by atoms with Crippen LogP contribution in [0, 0.1) is 5.82 Å². The Labute approximate surface area is 132 Å². The first-order chi connectivity index (χ1) is 10.2. The van der Waals surface area contributed by atoms with Gasteiger partial charge in [0, 0.05) is 28.6 Å². The van der Waals surface area contributed by atoms with Gasteiger partial charge in [0.15, 0.2) is 0 Å². The third-order valence-electron chi connectivity index (χ3n) is 2.85. The Kier molecular flexibility index (Phi) is 6.08. The number of rotatable bonds is 6. The molecule has 0 spiro atoms. The highest BCUT2D eigenvalue weighted by molar-refractivity contribution is 7.98. The molecule has 0 atom stereocenters. The SMILES string of the molecule is O=C(NCCSCc1ccccc1F)c1ccc(Cl)cc1. The maximum atomic E-state index is 13.4. The molecule has 0 heterocycles. The summed E-state index contributed by atoms with van der Waals surface area (Å²) >= 11 is 7.35. The van der Waals surface area contributed by atoms with Gasteiger partial charge >= 0.3 is 0 Å². The number of benzene rings is 2. The molecular formula is C16H15ClFNOS. The van der Waals surface area contributed by atoms with E-state index in [1.165, 1.54) is 6.07 Å². The van der Waals surface area contributed by atoms with Crippen LogP contribution in [0.3, 0.4) is 0 Å². The van der Waals surface area contributed by atoms with Crippen LogP contribution in [0.4, 0.5) is 4.39 Å². The van der Waals surface area contributed by atoms with E-state index in [0.717, 1.165) is 5.75 Å². The van der Waals surface area contributed by atoms with Crippen molar-refractivity contribution in [3.05, 3.63) is 70.5 Å². The zero-order valence-corrected chi connectivity index (χ0v) is 12.9. The van der Waals surface area contributed by atoms with Crippen LogP contribution in [0.15, 0.2) is 48.5 Å². The van der Waals surface area contributed by atoms with Gasteiger partial charge in [0.05, 0.1) is 0 Å². The fourth-order valence-electron chi connectivity index (χ4n) is 1.74. The molecule has 0 saturated heterocycles. The van der Waals surface area contributed by atoms with Crippen LogP contribution in [-0.4, -0.2) is 18.2 Å². The summed E-state index contributed by atoms with van der Waals surface area (Å²) in [4.78, 5) is 11.8. The van der Waals surface area contributed by atoms with Gasteiger partial charge in [-0.15, -0.1) is 0 Å². The molecule has 0 aliphatic rings. The standard InChI is InChI=1S/C16H15ClFNOS/c17-14-7-5-12(6-8-14)16(20)19-9-10-21-11-13-3-1-2-4-15(13)18/h1-8H,9-11H2,(H,19,20). The van der Waals surface area contributed by atoms with Crippen molar-refractivity contribution in [2.75, 3.05) is 12.3 Å². The molecule has 1 amide bonds. The van der Waals surface area contributed by atoms with E-state index in [2.05, 4.69) is 5.32 Å². The first-order valence-corrected chi connectivity index (χ1v) is 8.05. The Morgan fingerprint density at radius 2 is 1.86 bits per heavy atom. The highest BCUT2D eigenvalue weighted by atomic mass is 35.5. The maximum absolute atomic E-state index is 13.4.